The maximum Gasteiger partial charge on any atom is 0.000867 e. The minimum absolute atomic E-state index is 1.05. The van der Waals surface area contributed by atoms with Crippen molar-refractivity contribution in [3.63, 3.8) is 0 Å². The molecule has 0 radical (unpaired) electrons. The third-order valence-electron chi connectivity index (χ3n) is 3.88. The number of hydrogen-bond acceptors (Lipinski definition) is 0. The second-order valence-corrected chi connectivity index (χ2v) is 5.82. The zero-order valence-electron chi connectivity index (χ0n) is 13.8. The zero-order chi connectivity index (χ0) is 15.6. The first kappa shape index (κ1) is 16.3. The Balaban J connectivity index is 2.06. The molecular formula is C22H26. The van der Waals surface area contributed by atoms with Crippen molar-refractivity contribution in [3.05, 3.63) is 83.1 Å². The lowest BCUT2D eigenvalue weighted by atomic mass is 10.00. The Labute approximate surface area is 135 Å². The summed E-state index contributed by atoms with van der Waals surface area (Å²) in [5.74, 6) is 0. The fourth-order valence-corrected chi connectivity index (χ4v) is 2.49. The van der Waals surface area contributed by atoms with Crippen LogP contribution in [0.2, 0.25) is 0 Å². The number of hydrogen-bond donors (Lipinski definition) is 0. The van der Waals surface area contributed by atoms with Crippen LogP contribution in [0.4, 0.5) is 0 Å². The van der Waals surface area contributed by atoms with E-state index in [-0.39, 0.29) is 0 Å². The van der Waals surface area contributed by atoms with Gasteiger partial charge in [0.15, 0.2) is 0 Å². The van der Waals surface area contributed by atoms with Gasteiger partial charge >= 0.3 is 0 Å². The molecule has 2 aromatic rings. The minimum atomic E-state index is 1.05. The summed E-state index contributed by atoms with van der Waals surface area (Å²) in [7, 11) is 0. The van der Waals surface area contributed by atoms with Crippen molar-refractivity contribution in [2.75, 3.05) is 0 Å². The van der Waals surface area contributed by atoms with Gasteiger partial charge in [0.25, 0.3) is 0 Å². The lowest BCUT2D eigenvalue weighted by molar-refractivity contribution is 0.824. The Bertz CT molecular complexity index is 611. The van der Waals surface area contributed by atoms with Gasteiger partial charge < -0.3 is 0 Å². The van der Waals surface area contributed by atoms with E-state index < -0.39 is 0 Å². The van der Waals surface area contributed by atoms with Crippen LogP contribution in [0.1, 0.15) is 49.3 Å². The summed E-state index contributed by atoms with van der Waals surface area (Å²) in [5.41, 5.74) is 8.92. The molecule has 0 amide bonds. The van der Waals surface area contributed by atoms with Gasteiger partial charge in [-0.2, -0.15) is 0 Å². The maximum atomic E-state index is 3.55. The van der Waals surface area contributed by atoms with E-state index in [9.17, 15) is 0 Å². The average Bonchev–Trinajstić information content (AvgIpc) is 2.56. The molecule has 2 rings (SSSR count). The van der Waals surface area contributed by atoms with Crippen LogP contribution in [0.25, 0.3) is 5.57 Å². The summed E-state index contributed by atoms with van der Waals surface area (Å²) in [6, 6.07) is 19.5. The van der Waals surface area contributed by atoms with Crippen LogP contribution in [0, 0.1) is 6.92 Å². The van der Waals surface area contributed by atoms with Crippen LogP contribution in [0.15, 0.2) is 66.4 Å². The molecule has 0 N–H and O–H groups in total. The molecule has 0 heteroatoms. The molecule has 2 aromatic carbocycles. The Morgan fingerprint density at radius 3 is 2.41 bits per heavy atom. The van der Waals surface area contributed by atoms with Gasteiger partial charge in [0, 0.05) is 5.57 Å². The van der Waals surface area contributed by atoms with E-state index in [4.69, 9.17) is 0 Å². The average molecular weight is 290 g/mol. The van der Waals surface area contributed by atoms with E-state index in [1.54, 1.807) is 0 Å². The molecule has 0 fully saturated rings. The fourth-order valence-electron chi connectivity index (χ4n) is 2.49. The predicted octanol–water partition coefficient (Wildman–Crippen LogP) is 6.36. The standard InChI is InChI=1S/C22H26/c1-3-4-13-21(22-17-15-19(2)16-18-22)14-9-8-12-20-10-6-5-7-11-20/h5-7,9-11,15-18H,3-4,8,12-13H2,1-2H3. The summed E-state index contributed by atoms with van der Waals surface area (Å²) in [6.07, 6.45) is 7.90. The van der Waals surface area contributed by atoms with E-state index >= 15 is 0 Å². The smallest absolute Gasteiger partial charge is 0.000867 e. The summed E-state index contributed by atoms with van der Waals surface area (Å²) in [5, 5.41) is 0. The molecule has 0 aliphatic heterocycles. The number of rotatable bonds is 7. The maximum absolute atomic E-state index is 3.55. The van der Waals surface area contributed by atoms with Gasteiger partial charge in [-0.15, -0.1) is 5.73 Å². The van der Waals surface area contributed by atoms with Gasteiger partial charge in [-0.25, -0.2) is 0 Å². The molecule has 0 aliphatic carbocycles. The van der Waals surface area contributed by atoms with Crippen molar-refractivity contribution >= 4 is 5.57 Å². The van der Waals surface area contributed by atoms with Crippen LogP contribution < -0.4 is 0 Å². The molecule has 0 saturated heterocycles. The highest BCUT2D eigenvalue weighted by atomic mass is 14.0. The first-order chi connectivity index (χ1) is 10.8. The topological polar surface area (TPSA) is 0 Å². The van der Waals surface area contributed by atoms with Crippen LogP contribution in [-0.2, 0) is 6.42 Å². The molecular weight excluding hydrogens is 264 g/mol. The third-order valence-corrected chi connectivity index (χ3v) is 3.88. The Morgan fingerprint density at radius 1 is 1.00 bits per heavy atom. The number of aryl methyl sites for hydroxylation is 2. The van der Waals surface area contributed by atoms with E-state index in [1.165, 1.54) is 35.1 Å². The van der Waals surface area contributed by atoms with Gasteiger partial charge in [-0.3, -0.25) is 0 Å². The molecule has 0 bridgehead atoms. The van der Waals surface area contributed by atoms with Crippen LogP contribution in [0.3, 0.4) is 0 Å². The van der Waals surface area contributed by atoms with Crippen LogP contribution in [0.5, 0.6) is 0 Å². The van der Waals surface area contributed by atoms with E-state index in [2.05, 4.69) is 80.3 Å². The molecule has 0 saturated carbocycles. The highest BCUT2D eigenvalue weighted by molar-refractivity contribution is 5.65. The monoisotopic (exact) mass is 290 g/mol. The predicted molar refractivity (Wildman–Crippen MR) is 97.0 cm³/mol. The first-order valence-electron chi connectivity index (χ1n) is 8.34. The third kappa shape index (κ3) is 5.39. The first-order valence-corrected chi connectivity index (χ1v) is 8.34. The molecule has 22 heavy (non-hydrogen) atoms. The van der Waals surface area contributed by atoms with Gasteiger partial charge in [0.1, 0.15) is 0 Å². The molecule has 0 spiro atoms. The Kier molecular flexibility index (Phi) is 6.74. The SMILES string of the molecule is CCCCC(=C=CCCc1ccccc1)c1ccc(C)cc1. The normalized spacial score (nSPS) is 10.1. The number of benzene rings is 2. The molecule has 0 aromatic heterocycles. The van der Waals surface area contributed by atoms with Gasteiger partial charge in [-0.05, 0) is 49.8 Å². The molecule has 0 heterocycles. The zero-order valence-corrected chi connectivity index (χ0v) is 13.8. The van der Waals surface area contributed by atoms with Gasteiger partial charge in [0.05, 0.1) is 0 Å². The Hall–Kier alpha value is -2.04. The van der Waals surface area contributed by atoms with Gasteiger partial charge in [0.2, 0.25) is 0 Å². The Morgan fingerprint density at radius 2 is 1.73 bits per heavy atom. The molecule has 0 nitrogen and oxygen atoms in total. The highest BCUT2D eigenvalue weighted by Gasteiger charge is 2.00. The molecule has 0 unspecified atom stereocenters. The molecule has 114 valence electrons. The fraction of sp³-hybridized carbons (Fsp3) is 0.318. The van der Waals surface area contributed by atoms with Crippen LogP contribution >= 0.6 is 0 Å². The van der Waals surface area contributed by atoms with Crippen molar-refractivity contribution < 1.29 is 0 Å². The molecule has 0 aliphatic rings. The minimum Gasteiger partial charge on any atom is -0.121 e. The second-order valence-electron chi connectivity index (χ2n) is 5.82. The van der Waals surface area contributed by atoms with Crippen molar-refractivity contribution in [1.82, 2.24) is 0 Å². The second kappa shape index (κ2) is 9.07. The molecule has 0 atom stereocenters. The van der Waals surface area contributed by atoms with E-state index in [0.29, 0.717) is 0 Å². The lowest BCUT2D eigenvalue weighted by Gasteiger charge is -2.05. The summed E-state index contributed by atoms with van der Waals surface area (Å²) < 4.78 is 0. The highest BCUT2D eigenvalue weighted by Crippen LogP contribution is 2.20. The van der Waals surface area contributed by atoms with Gasteiger partial charge in [-0.1, -0.05) is 73.5 Å². The lowest BCUT2D eigenvalue weighted by Crippen LogP contribution is -1.85. The van der Waals surface area contributed by atoms with Crippen molar-refractivity contribution in [2.45, 2.75) is 46.0 Å². The van der Waals surface area contributed by atoms with Crippen molar-refractivity contribution in [3.8, 4) is 0 Å². The number of allylic oxidation sites excluding steroid dienone is 1. The van der Waals surface area contributed by atoms with Crippen molar-refractivity contribution in [1.29, 1.82) is 0 Å². The summed E-state index contributed by atoms with van der Waals surface area (Å²) >= 11 is 0. The van der Waals surface area contributed by atoms with E-state index in [0.717, 1.165) is 19.3 Å². The number of unbranched alkanes of at least 4 members (excludes halogenated alkanes) is 1. The van der Waals surface area contributed by atoms with E-state index in [1.807, 2.05) is 0 Å². The van der Waals surface area contributed by atoms with Crippen LogP contribution in [-0.4, -0.2) is 0 Å². The quantitative estimate of drug-likeness (QED) is 0.521. The largest absolute Gasteiger partial charge is 0.121 e. The van der Waals surface area contributed by atoms with Crippen molar-refractivity contribution in [2.24, 2.45) is 0 Å². The summed E-state index contributed by atoms with van der Waals surface area (Å²) in [6.45, 7) is 4.38. The summed E-state index contributed by atoms with van der Waals surface area (Å²) in [4.78, 5) is 0.